The monoisotopic (exact) mass is 358 g/mol. The highest BCUT2D eigenvalue weighted by Gasteiger charge is 2.21. The average Bonchev–Trinajstić information content (AvgIpc) is 2.64. The first kappa shape index (κ1) is 18.0. The van der Waals surface area contributed by atoms with Gasteiger partial charge in [-0.25, -0.2) is 4.39 Å². The molecule has 3 rings (SSSR count). The van der Waals surface area contributed by atoms with E-state index in [4.69, 9.17) is 10.5 Å². The van der Waals surface area contributed by atoms with Crippen LogP contribution in [0.3, 0.4) is 0 Å². The maximum absolute atomic E-state index is 13.9. The van der Waals surface area contributed by atoms with Crippen LogP contribution < -0.4 is 20.7 Å². The molecule has 138 valence electrons. The zero-order chi connectivity index (χ0) is 18.5. The molecule has 0 atom stereocenters. The Balaban J connectivity index is 1.53. The Hall–Kier alpha value is -2.80. The van der Waals surface area contributed by atoms with E-state index in [-0.39, 0.29) is 18.3 Å². The molecule has 6 nitrogen and oxygen atoms in total. The number of amides is 1. The lowest BCUT2D eigenvalue weighted by atomic mass is 10.2. The zero-order valence-electron chi connectivity index (χ0n) is 14.7. The minimum atomic E-state index is -0.214. The first-order valence-corrected chi connectivity index (χ1v) is 8.52. The third kappa shape index (κ3) is 4.23. The van der Waals surface area contributed by atoms with Crippen molar-refractivity contribution in [3.8, 4) is 5.75 Å². The molecule has 3 N–H and O–H groups in total. The van der Waals surface area contributed by atoms with Crippen LogP contribution in [0.5, 0.6) is 5.75 Å². The molecule has 1 aliphatic rings. The number of hydrogen-bond donors (Lipinski definition) is 2. The predicted octanol–water partition coefficient (Wildman–Crippen LogP) is 2.18. The number of anilines is 3. The van der Waals surface area contributed by atoms with Crippen LogP contribution >= 0.6 is 0 Å². The number of nitrogens with zero attached hydrogens (tertiary/aromatic N) is 2. The largest absolute Gasteiger partial charge is 0.494 e. The SMILES string of the molecule is COc1cc(N)ccc1NC(=O)CN1CCN(c2ccccc2F)CC1. The molecule has 0 unspecified atom stereocenters. The molecular formula is C19H23FN4O2. The fourth-order valence-electron chi connectivity index (χ4n) is 3.06. The van der Waals surface area contributed by atoms with Crippen molar-refractivity contribution in [3.63, 3.8) is 0 Å². The number of carbonyl (C=O) groups excluding carboxylic acids is 1. The molecular weight excluding hydrogens is 335 g/mol. The van der Waals surface area contributed by atoms with Crippen LogP contribution in [0.1, 0.15) is 0 Å². The van der Waals surface area contributed by atoms with Gasteiger partial charge >= 0.3 is 0 Å². The zero-order valence-corrected chi connectivity index (χ0v) is 14.7. The van der Waals surface area contributed by atoms with Crippen LogP contribution in [0.15, 0.2) is 42.5 Å². The minimum absolute atomic E-state index is 0.118. The smallest absolute Gasteiger partial charge is 0.238 e. The average molecular weight is 358 g/mol. The van der Waals surface area contributed by atoms with Gasteiger partial charge in [0.1, 0.15) is 11.6 Å². The summed E-state index contributed by atoms with van der Waals surface area (Å²) in [6.07, 6.45) is 0. The van der Waals surface area contributed by atoms with E-state index in [1.54, 1.807) is 30.3 Å². The minimum Gasteiger partial charge on any atom is -0.494 e. The second-order valence-corrected chi connectivity index (χ2v) is 6.22. The first-order valence-electron chi connectivity index (χ1n) is 8.52. The van der Waals surface area contributed by atoms with Gasteiger partial charge in [0.25, 0.3) is 0 Å². The molecule has 0 aliphatic carbocycles. The van der Waals surface area contributed by atoms with Gasteiger partial charge in [0.2, 0.25) is 5.91 Å². The van der Waals surface area contributed by atoms with Crippen LogP contribution in [-0.2, 0) is 4.79 Å². The van der Waals surface area contributed by atoms with E-state index < -0.39 is 0 Å². The van der Waals surface area contributed by atoms with E-state index in [0.717, 1.165) is 0 Å². The Bertz CT molecular complexity index is 776. The number of nitrogens with one attached hydrogen (secondary N) is 1. The number of piperazine rings is 1. The highest BCUT2D eigenvalue weighted by Crippen LogP contribution is 2.26. The maximum atomic E-state index is 13.9. The molecule has 2 aromatic carbocycles. The van der Waals surface area contributed by atoms with Crippen molar-refractivity contribution >= 4 is 23.0 Å². The molecule has 1 heterocycles. The Morgan fingerprint density at radius 2 is 1.92 bits per heavy atom. The van der Waals surface area contributed by atoms with Gasteiger partial charge in [0.15, 0.2) is 0 Å². The quantitative estimate of drug-likeness (QED) is 0.802. The summed E-state index contributed by atoms with van der Waals surface area (Å²) in [5.74, 6) is 0.198. The van der Waals surface area contributed by atoms with Crippen LogP contribution in [-0.4, -0.2) is 50.6 Å². The van der Waals surface area contributed by atoms with Crippen molar-refractivity contribution < 1.29 is 13.9 Å². The number of halogens is 1. The number of benzene rings is 2. The second kappa shape index (κ2) is 8.05. The highest BCUT2D eigenvalue weighted by molar-refractivity contribution is 5.94. The molecule has 0 aromatic heterocycles. The summed E-state index contributed by atoms with van der Waals surface area (Å²) in [5, 5.41) is 2.85. The topological polar surface area (TPSA) is 70.8 Å². The standard InChI is InChI=1S/C19H23FN4O2/c1-26-18-12-14(21)6-7-16(18)22-19(25)13-23-8-10-24(11-9-23)17-5-3-2-4-15(17)20/h2-7,12H,8-11,13,21H2,1H3,(H,22,25). The Morgan fingerprint density at radius 1 is 1.19 bits per heavy atom. The lowest BCUT2D eigenvalue weighted by molar-refractivity contribution is -0.117. The molecule has 26 heavy (non-hydrogen) atoms. The van der Waals surface area contributed by atoms with Crippen molar-refractivity contribution in [2.45, 2.75) is 0 Å². The summed E-state index contributed by atoms with van der Waals surface area (Å²) in [5.41, 5.74) is 7.50. The van der Waals surface area contributed by atoms with Gasteiger partial charge in [-0.3, -0.25) is 9.69 Å². The van der Waals surface area contributed by atoms with E-state index in [1.807, 2.05) is 11.0 Å². The normalized spacial score (nSPS) is 14.9. The van der Waals surface area contributed by atoms with E-state index in [1.165, 1.54) is 13.2 Å². The van der Waals surface area contributed by atoms with Gasteiger partial charge < -0.3 is 20.7 Å². The van der Waals surface area contributed by atoms with Gasteiger partial charge in [-0.1, -0.05) is 12.1 Å². The molecule has 2 aromatic rings. The van der Waals surface area contributed by atoms with Gasteiger partial charge in [-0.15, -0.1) is 0 Å². The third-order valence-corrected chi connectivity index (χ3v) is 4.43. The van der Waals surface area contributed by atoms with Crippen molar-refractivity contribution in [2.24, 2.45) is 0 Å². The maximum Gasteiger partial charge on any atom is 0.238 e. The second-order valence-electron chi connectivity index (χ2n) is 6.22. The first-order chi connectivity index (χ1) is 12.6. The summed E-state index contributed by atoms with van der Waals surface area (Å²) in [6.45, 7) is 3.03. The van der Waals surface area contributed by atoms with Gasteiger partial charge in [0, 0.05) is 37.9 Å². The fraction of sp³-hybridized carbons (Fsp3) is 0.316. The number of hydrogen-bond acceptors (Lipinski definition) is 5. The summed E-state index contributed by atoms with van der Waals surface area (Å²) >= 11 is 0. The number of nitrogen functional groups attached to an aromatic ring is 1. The van der Waals surface area contributed by atoms with Gasteiger partial charge in [-0.2, -0.15) is 0 Å². The number of methoxy groups -OCH3 is 1. The van der Waals surface area contributed by atoms with Crippen molar-refractivity contribution in [1.82, 2.24) is 4.90 Å². The van der Waals surface area contributed by atoms with Crippen molar-refractivity contribution in [2.75, 3.05) is 55.8 Å². The molecule has 0 radical (unpaired) electrons. The number of carbonyl (C=O) groups is 1. The van der Waals surface area contributed by atoms with E-state index in [2.05, 4.69) is 10.2 Å². The number of para-hydroxylation sites is 1. The molecule has 1 saturated heterocycles. The van der Waals surface area contributed by atoms with Gasteiger partial charge in [0.05, 0.1) is 25.0 Å². The van der Waals surface area contributed by atoms with Crippen LogP contribution in [0.2, 0.25) is 0 Å². The Kier molecular flexibility index (Phi) is 5.58. The number of nitrogens with two attached hydrogens (primary N) is 1. The van der Waals surface area contributed by atoms with Crippen molar-refractivity contribution in [1.29, 1.82) is 0 Å². The van der Waals surface area contributed by atoms with E-state index in [9.17, 15) is 9.18 Å². The summed E-state index contributed by atoms with van der Waals surface area (Å²) < 4.78 is 19.1. The molecule has 7 heteroatoms. The van der Waals surface area contributed by atoms with E-state index >= 15 is 0 Å². The van der Waals surface area contributed by atoms with Crippen LogP contribution in [0, 0.1) is 5.82 Å². The highest BCUT2D eigenvalue weighted by atomic mass is 19.1. The Labute approximate surface area is 152 Å². The van der Waals surface area contributed by atoms with E-state index in [0.29, 0.717) is 49.0 Å². The molecule has 1 amide bonds. The fourth-order valence-corrected chi connectivity index (χ4v) is 3.06. The third-order valence-electron chi connectivity index (χ3n) is 4.43. The molecule has 1 fully saturated rings. The molecule has 0 saturated carbocycles. The van der Waals surface area contributed by atoms with Crippen LogP contribution in [0.4, 0.5) is 21.5 Å². The van der Waals surface area contributed by atoms with Crippen LogP contribution in [0.25, 0.3) is 0 Å². The predicted molar refractivity (Wildman–Crippen MR) is 101 cm³/mol. The van der Waals surface area contributed by atoms with Crippen molar-refractivity contribution in [3.05, 3.63) is 48.3 Å². The number of rotatable bonds is 5. The summed E-state index contributed by atoms with van der Waals surface area (Å²) in [4.78, 5) is 16.4. The lowest BCUT2D eigenvalue weighted by Crippen LogP contribution is -2.48. The summed E-state index contributed by atoms with van der Waals surface area (Å²) in [6, 6.07) is 11.9. The lowest BCUT2D eigenvalue weighted by Gasteiger charge is -2.35. The number of ether oxygens (including phenoxy) is 1. The molecule has 0 bridgehead atoms. The molecule has 1 aliphatic heterocycles. The summed E-state index contributed by atoms with van der Waals surface area (Å²) in [7, 11) is 1.53. The molecule has 0 spiro atoms. The van der Waals surface area contributed by atoms with Gasteiger partial charge in [-0.05, 0) is 24.3 Å². The Morgan fingerprint density at radius 3 is 2.62 bits per heavy atom.